The lowest BCUT2D eigenvalue weighted by molar-refractivity contribution is -0.157. The van der Waals surface area contributed by atoms with Crippen LogP contribution in [0.15, 0.2) is 18.2 Å². The molecule has 0 bridgehead atoms. The highest BCUT2D eigenvalue weighted by Gasteiger charge is 2.50. The van der Waals surface area contributed by atoms with Crippen LogP contribution in [0.5, 0.6) is 5.75 Å². The number of rotatable bonds is 6. The van der Waals surface area contributed by atoms with Crippen molar-refractivity contribution in [3.63, 3.8) is 0 Å². The van der Waals surface area contributed by atoms with E-state index in [0.717, 1.165) is 0 Å². The number of nitrogens with zero attached hydrogens (tertiary/aromatic N) is 2. The Bertz CT molecular complexity index is 773. The van der Waals surface area contributed by atoms with Crippen LogP contribution in [0.2, 0.25) is 0 Å². The second kappa shape index (κ2) is 8.08. The van der Waals surface area contributed by atoms with Gasteiger partial charge in [0.2, 0.25) is 5.91 Å². The van der Waals surface area contributed by atoms with Gasteiger partial charge in [-0.25, -0.2) is 0 Å². The van der Waals surface area contributed by atoms with Crippen LogP contribution >= 0.6 is 0 Å². The summed E-state index contributed by atoms with van der Waals surface area (Å²) in [5.74, 6) is 0.550. The van der Waals surface area contributed by atoms with Gasteiger partial charge in [-0.1, -0.05) is 0 Å². The van der Waals surface area contributed by atoms with Crippen molar-refractivity contribution < 1.29 is 24.1 Å². The first-order chi connectivity index (χ1) is 13.3. The van der Waals surface area contributed by atoms with Gasteiger partial charge in [0.1, 0.15) is 17.5 Å². The summed E-state index contributed by atoms with van der Waals surface area (Å²) in [6.45, 7) is 8.20. The number of nitriles is 1. The third-order valence-electron chi connectivity index (χ3n) is 5.44. The van der Waals surface area contributed by atoms with E-state index in [2.05, 4.69) is 6.07 Å². The van der Waals surface area contributed by atoms with Gasteiger partial charge in [-0.15, -0.1) is 0 Å². The van der Waals surface area contributed by atoms with Crippen LogP contribution in [0, 0.1) is 11.3 Å². The number of hydrogen-bond acceptors (Lipinski definition) is 6. The molecule has 2 aliphatic rings. The molecule has 1 amide bonds. The average molecular weight is 388 g/mol. The number of aliphatic hydroxyl groups excluding tert-OH is 1. The van der Waals surface area contributed by atoms with Crippen LogP contribution in [0.3, 0.4) is 0 Å². The maximum atomic E-state index is 12.8. The van der Waals surface area contributed by atoms with Gasteiger partial charge in [0.25, 0.3) is 0 Å². The molecule has 4 atom stereocenters. The van der Waals surface area contributed by atoms with E-state index in [1.54, 1.807) is 36.9 Å². The molecule has 3 unspecified atom stereocenters. The summed E-state index contributed by atoms with van der Waals surface area (Å²) in [6.07, 6.45) is -0.261. The summed E-state index contributed by atoms with van der Waals surface area (Å²) in [4.78, 5) is 14.5. The second-order valence-electron chi connectivity index (χ2n) is 7.81. The van der Waals surface area contributed by atoms with Gasteiger partial charge in [0.05, 0.1) is 30.3 Å². The predicted molar refractivity (Wildman–Crippen MR) is 102 cm³/mol. The highest BCUT2D eigenvalue weighted by atomic mass is 16.7. The molecule has 2 heterocycles. The summed E-state index contributed by atoms with van der Waals surface area (Å²) in [7, 11) is 0. The molecule has 0 saturated carbocycles. The molecule has 7 heteroatoms. The van der Waals surface area contributed by atoms with Gasteiger partial charge in [-0.05, 0) is 52.3 Å². The molecule has 0 radical (unpaired) electrons. The SMILES string of the molecule is CCOC(C)OC[C@@H]1CCC(=O)N1C1c2cc(C#N)ccc2OC(C)(C)C1O. The quantitative estimate of drug-likeness (QED) is 0.753. The van der Waals surface area contributed by atoms with Crippen molar-refractivity contribution in [2.24, 2.45) is 0 Å². The monoisotopic (exact) mass is 388 g/mol. The van der Waals surface area contributed by atoms with Crippen LogP contribution in [-0.2, 0) is 14.3 Å². The van der Waals surface area contributed by atoms with Crippen LogP contribution < -0.4 is 4.74 Å². The maximum Gasteiger partial charge on any atom is 0.223 e. The second-order valence-corrected chi connectivity index (χ2v) is 7.81. The van der Waals surface area contributed by atoms with Gasteiger partial charge in [0.15, 0.2) is 6.29 Å². The molecular weight excluding hydrogens is 360 g/mol. The van der Waals surface area contributed by atoms with Crippen molar-refractivity contribution in [3.05, 3.63) is 29.3 Å². The third kappa shape index (κ3) is 3.86. The van der Waals surface area contributed by atoms with Crippen LogP contribution in [0.25, 0.3) is 0 Å². The number of carbonyl (C=O) groups is 1. The molecule has 7 nitrogen and oxygen atoms in total. The molecule has 0 spiro atoms. The molecule has 152 valence electrons. The van der Waals surface area contributed by atoms with E-state index in [-0.39, 0.29) is 18.2 Å². The van der Waals surface area contributed by atoms with E-state index in [1.165, 1.54) is 0 Å². The van der Waals surface area contributed by atoms with E-state index in [0.29, 0.717) is 42.9 Å². The zero-order chi connectivity index (χ0) is 20.5. The molecule has 2 aliphatic heterocycles. The summed E-state index contributed by atoms with van der Waals surface area (Å²) < 4.78 is 17.2. The van der Waals surface area contributed by atoms with E-state index < -0.39 is 17.7 Å². The molecule has 1 saturated heterocycles. The molecule has 0 aliphatic carbocycles. The molecule has 3 rings (SSSR count). The van der Waals surface area contributed by atoms with Crippen molar-refractivity contribution >= 4 is 5.91 Å². The Kier molecular flexibility index (Phi) is 5.94. The van der Waals surface area contributed by atoms with Crippen molar-refractivity contribution in [2.45, 2.75) is 70.6 Å². The Morgan fingerprint density at radius 2 is 2.18 bits per heavy atom. The minimum Gasteiger partial charge on any atom is -0.485 e. The predicted octanol–water partition coefficient (Wildman–Crippen LogP) is 2.52. The molecular formula is C21H28N2O5. The molecule has 1 aromatic rings. The smallest absolute Gasteiger partial charge is 0.223 e. The minimum absolute atomic E-state index is 0.0345. The Hall–Kier alpha value is -2.14. The Balaban J connectivity index is 1.94. The first kappa shape index (κ1) is 20.6. The standard InChI is InChI=1S/C21H28N2O5/c1-5-26-13(2)27-12-15-7-9-18(24)23(15)19-16-10-14(11-22)6-8-17(16)28-21(3,4)20(19)25/h6,8,10,13,15,19-20,25H,5,7,9,12H2,1-4H3/t13?,15-,19?,20?/m0/s1. The van der Waals surface area contributed by atoms with Gasteiger partial charge in [-0.3, -0.25) is 4.79 Å². The van der Waals surface area contributed by atoms with Crippen LogP contribution in [0.4, 0.5) is 0 Å². The first-order valence-corrected chi connectivity index (χ1v) is 9.74. The number of fused-ring (bicyclic) bond motifs is 1. The number of aliphatic hydroxyl groups is 1. The van der Waals surface area contributed by atoms with E-state index in [9.17, 15) is 15.2 Å². The van der Waals surface area contributed by atoms with Gasteiger partial charge in [0, 0.05) is 18.6 Å². The number of carbonyl (C=O) groups excluding carboxylic acids is 1. The number of ether oxygens (including phenoxy) is 3. The van der Waals surface area contributed by atoms with Crippen molar-refractivity contribution in [3.8, 4) is 11.8 Å². The highest BCUT2D eigenvalue weighted by molar-refractivity contribution is 5.79. The lowest BCUT2D eigenvalue weighted by Gasteiger charge is -2.46. The van der Waals surface area contributed by atoms with Crippen LogP contribution in [0.1, 0.15) is 57.7 Å². The Labute approximate surface area is 165 Å². The Morgan fingerprint density at radius 1 is 1.43 bits per heavy atom. The fourth-order valence-corrected chi connectivity index (χ4v) is 3.98. The zero-order valence-electron chi connectivity index (χ0n) is 16.8. The van der Waals surface area contributed by atoms with Crippen molar-refractivity contribution in [1.82, 2.24) is 4.90 Å². The average Bonchev–Trinajstić information content (AvgIpc) is 3.01. The summed E-state index contributed by atoms with van der Waals surface area (Å²) in [5.41, 5.74) is 0.242. The van der Waals surface area contributed by atoms with Gasteiger partial charge >= 0.3 is 0 Å². The fourth-order valence-electron chi connectivity index (χ4n) is 3.98. The largest absolute Gasteiger partial charge is 0.485 e. The topological polar surface area (TPSA) is 92.0 Å². The number of hydrogen-bond donors (Lipinski definition) is 1. The van der Waals surface area contributed by atoms with Crippen molar-refractivity contribution in [2.75, 3.05) is 13.2 Å². The molecule has 1 aromatic carbocycles. The lowest BCUT2D eigenvalue weighted by atomic mass is 9.84. The minimum atomic E-state index is -0.942. The maximum absolute atomic E-state index is 12.8. The normalized spacial score (nSPS) is 27.1. The fraction of sp³-hybridized carbons (Fsp3) is 0.619. The van der Waals surface area contributed by atoms with Gasteiger partial charge in [-0.2, -0.15) is 5.26 Å². The van der Waals surface area contributed by atoms with Crippen molar-refractivity contribution in [1.29, 1.82) is 5.26 Å². The van der Waals surface area contributed by atoms with Crippen LogP contribution in [-0.4, -0.2) is 53.2 Å². The van der Waals surface area contributed by atoms with E-state index in [1.807, 2.05) is 13.8 Å². The van der Waals surface area contributed by atoms with E-state index >= 15 is 0 Å². The third-order valence-corrected chi connectivity index (χ3v) is 5.44. The van der Waals surface area contributed by atoms with E-state index in [4.69, 9.17) is 14.2 Å². The summed E-state index contributed by atoms with van der Waals surface area (Å²) >= 11 is 0. The zero-order valence-corrected chi connectivity index (χ0v) is 16.8. The first-order valence-electron chi connectivity index (χ1n) is 9.74. The summed E-state index contributed by atoms with van der Waals surface area (Å²) in [6, 6.07) is 6.45. The molecule has 28 heavy (non-hydrogen) atoms. The highest BCUT2D eigenvalue weighted by Crippen LogP contribution is 2.45. The summed E-state index contributed by atoms with van der Waals surface area (Å²) in [5, 5.41) is 20.4. The van der Waals surface area contributed by atoms with Gasteiger partial charge < -0.3 is 24.2 Å². The molecule has 0 aromatic heterocycles. The number of benzene rings is 1. The number of likely N-dealkylation sites (tertiary alicyclic amines) is 1. The molecule has 1 fully saturated rings. The molecule has 1 N–H and O–H groups in total. The lowest BCUT2D eigenvalue weighted by Crippen LogP contribution is -2.55. The number of amides is 1. The Morgan fingerprint density at radius 3 is 2.86 bits per heavy atom.